The van der Waals surface area contributed by atoms with Gasteiger partial charge in [0.1, 0.15) is 12.2 Å². The average Bonchev–Trinajstić information content (AvgIpc) is 2.33. The van der Waals surface area contributed by atoms with E-state index in [1.54, 1.807) is 12.1 Å². The van der Waals surface area contributed by atoms with Crippen LogP contribution in [0.5, 0.6) is 5.88 Å². The van der Waals surface area contributed by atoms with Crippen molar-refractivity contribution in [2.45, 2.75) is 38.2 Å². The normalized spacial score (nSPS) is 16.7. The molecule has 84 valence electrons. The molecule has 0 aromatic carbocycles. The molecule has 1 fully saturated rings. The van der Waals surface area contributed by atoms with Gasteiger partial charge in [0.15, 0.2) is 5.69 Å². The molecule has 0 spiro atoms. The second kappa shape index (κ2) is 4.84. The second-order valence-corrected chi connectivity index (χ2v) is 4.08. The summed E-state index contributed by atoms with van der Waals surface area (Å²) in [6.07, 6.45) is 6.12. The lowest BCUT2D eigenvalue weighted by Gasteiger charge is -2.22. The lowest BCUT2D eigenvalue weighted by Crippen LogP contribution is -2.20. The summed E-state index contributed by atoms with van der Waals surface area (Å²) in [6.45, 7) is 0. The fourth-order valence-electron chi connectivity index (χ4n) is 1.96. The van der Waals surface area contributed by atoms with E-state index in [1.165, 1.54) is 19.3 Å². The number of hydrogen-bond donors (Lipinski definition) is 1. The highest BCUT2D eigenvalue weighted by Crippen LogP contribution is 2.23. The minimum Gasteiger partial charge on any atom is -0.474 e. The first-order valence-corrected chi connectivity index (χ1v) is 5.63. The maximum atomic E-state index is 8.80. The second-order valence-electron chi connectivity index (χ2n) is 4.08. The smallest absolute Gasteiger partial charge is 0.214 e. The van der Waals surface area contributed by atoms with Crippen LogP contribution in [0.25, 0.3) is 0 Å². The van der Waals surface area contributed by atoms with Crippen LogP contribution in [0.15, 0.2) is 12.1 Å². The fourth-order valence-corrected chi connectivity index (χ4v) is 1.96. The van der Waals surface area contributed by atoms with Gasteiger partial charge in [0.25, 0.3) is 0 Å². The number of hydrogen-bond acceptors (Lipinski definition) is 4. The van der Waals surface area contributed by atoms with Crippen LogP contribution in [-0.4, -0.2) is 11.1 Å². The van der Waals surface area contributed by atoms with Crippen molar-refractivity contribution in [3.05, 3.63) is 17.8 Å². The van der Waals surface area contributed by atoms with E-state index in [4.69, 9.17) is 15.7 Å². The zero-order chi connectivity index (χ0) is 11.4. The van der Waals surface area contributed by atoms with E-state index in [0.717, 1.165) is 12.8 Å². The molecule has 1 aliphatic rings. The summed E-state index contributed by atoms with van der Waals surface area (Å²) < 4.78 is 5.74. The summed E-state index contributed by atoms with van der Waals surface area (Å²) in [5.41, 5.74) is 6.24. The quantitative estimate of drug-likeness (QED) is 0.824. The SMILES string of the molecule is N#Cc1nc(OC2CCCCC2)ccc1N. The number of rotatable bonds is 2. The molecule has 0 radical (unpaired) electrons. The Morgan fingerprint density at radius 1 is 1.31 bits per heavy atom. The highest BCUT2D eigenvalue weighted by Gasteiger charge is 2.15. The molecule has 4 nitrogen and oxygen atoms in total. The van der Waals surface area contributed by atoms with Gasteiger partial charge in [-0.2, -0.15) is 5.26 Å². The Hall–Kier alpha value is -1.76. The predicted molar refractivity (Wildman–Crippen MR) is 60.9 cm³/mol. The number of ether oxygens (including phenoxy) is 1. The van der Waals surface area contributed by atoms with E-state index in [0.29, 0.717) is 11.6 Å². The summed E-state index contributed by atoms with van der Waals surface area (Å²) >= 11 is 0. The first-order valence-electron chi connectivity index (χ1n) is 5.63. The first kappa shape index (κ1) is 10.7. The Balaban J connectivity index is 2.06. The Labute approximate surface area is 95.0 Å². The van der Waals surface area contributed by atoms with Crippen LogP contribution in [0.2, 0.25) is 0 Å². The van der Waals surface area contributed by atoms with Crippen molar-refractivity contribution in [2.75, 3.05) is 5.73 Å². The van der Waals surface area contributed by atoms with Gasteiger partial charge in [-0.15, -0.1) is 0 Å². The summed E-state index contributed by atoms with van der Waals surface area (Å²) in [6, 6.07) is 5.35. The summed E-state index contributed by atoms with van der Waals surface area (Å²) in [4.78, 5) is 4.08. The van der Waals surface area contributed by atoms with Gasteiger partial charge in [-0.3, -0.25) is 0 Å². The fraction of sp³-hybridized carbons (Fsp3) is 0.500. The third-order valence-corrected chi connectivity index (χ3v) is 2.85. The van der Waals surface area contributed by atoms with E-state index < -0.39 is 0 Å². The summed E-state index contributed by atoms with van der Waals surface area (Å²) in [5, 5.41) is 8.80. The molecule has 0 atom stereocenters. The molecule has 4 heteroatoms. The van der Waals surface area contributed by atoms with E-state index in [-0.39, 0.29) is 11.8 Å². The van der Waals surface area contributed by atoms with Crippen molar-refractivity contribution in [3.63, 3.8) is 0 Å². The average molecular weight is 217 g/mol. The van der Waals surface area contributed by atoms with Crippen LogP contribution in [0.4, 0.5) is 5.69 Å². The van der Waals surface area contributed by atoms with Crippen LogP contribution < -0.4 is 10.5 Å². The van der Waals surface area contributed by atoms with Gasteiger partial charge in [0.05, 0.1) is 5.69 Å². The number of nitrogen functional groups attached to an aromatic ring is 1. The van der Waals surface area contributed by atoms with Gasteiger partial charge in [-0.1, -0.05) is 6.42 Å². The van der Waals surface area contributed by atoms with Crippen LogP contribution in [0, 0.1) is 11.3 Å². The van der Waals surface area contributed by atoms with Crippen molar-refractivity contribution in [1.82, 2.24) is 4.98 Å². The number of pyridine rings is 1. The van der Waals surface area contributed by atoms with Gasteiger partial charge in [-0.25, -0.2) is 4.98 Å². The lowest BCUT2D eigenvalue weighted by atomic mass is 9.98. The minimum absolute atomic E-state index is 0.244. The van der Waals surface area contributed by atoms with E-state index in [9.17, 15) is 0 Å². The largest absolute Gasteiger partial charge is 0.474 e. The monoisotopic (exact) mass is 217 g/mol. The molecule has 1 saturated carbocycles. The Morgan fingerprint density at radius 3 is 2.75 bits per heavy atom. The Morgan fingerprint density at radius 2 is 2.06 bits per heavy atom. The Bertz CT molecular complexity index is 405. The van der Waals surface area contributed by atoms with E-state index in [1.807, 2.05) is 6.07 Å². The molecule has 1 aliphatic carbocycles. The number of nitrogens with two attached hydrogens (primary N) is 1. The number of nitriles is 1. The van der Waals surface area contributed by atoms with Crippen LogP contribution in [0.1, 0.15) is 37.8 Å². The molecule has 0 unspecified atom stereocenters. The van der Waals surface area contributed by atoms with E-state index in [2.05, 4.69) is 4.98 Å². The molecular weight excluding hydrogens is 202 g/mol. The molecule has 1 aromatic rings. The minimum atomic E-state index is 0.244. The van der Waals surface area contributed by atoms with Gasteiger partial charge in [0.2, 0.25) is 5.88 Å². The number of nitrogens with zero attached hydrogens (tertiary/aromatic N) is 2. The molecular formula is C12H15N3O. The molecule has 0 aliphatic heterocycles. The highest BCUT2D eigenvalue weighted by molar-refractivity contribution is 5.50. The van der Waals surface area contributed by atoms with Crippen molar-refractivity contribution < 1.29 is 4.74 Å². The maximum Gasteiger partial charge on any atom is 0.214 e. The summed E-state index contributed by atoms with van der Waals surface area (Å²) in [5.74, 6) is 0.512. The molecule has 2 rings (SSSR count). The standard InChI is InChI=1S/C12H15N3O/c13-8-11-10(14)6-7-12(15-11)16-9-4-2-1-3-5-9/h6-7,9H,1-5,14H2. The molecule has 0 saturated heterocycles. The van der Waals surface area contributed by atoms with Gasteiger partial charge < -0.3 is 10.5 Å². The zero-order valence-corrected chi connectivity index (χ0v) is 9.15. The van der Waals surface area contributed by atoms with Crippen molar-refractivity contribution in [1.29, 1.82) is 5.26 Å². The Kier molecular flexibility index (Phi) is 3.25. The molecule has 16 heavy (non-hydrogen) atoms. The van der Waals surface area contributed by atoms with E-state index >= 15 is 0 Å². The van der Waals surface area contributed by atoms with Crippen LogP contribution >= 0.6 is 0 Å². The van der Waals surface area contributed by atoms with Crippen molar-refractivity contribution in [3.8, 4) is 11.9 Å². The summed E-state index contributed by atoms with van der Waals surface area (Å²) in [7, 11) is 0. The molecule has 2 N–H and O–H groups in total. The predicted octanol–water partition coefficient (Wildman–Crippen LogP) is 2.25. The van der Waals surface area contributed by atoms with Gasteiger partial charge >= 0.3 is 0 Å². The number of anilines is 1. The lowest BCUT2D eigenvalue weighted by molar-refractivity contribution is 0.148. The molecule has 0 amide bonds. The van der Waals surface area contributed by atoms with Crippen molar-refractivity contribution >= 4 is 5.69 Å². The molecule has 1 aromatic heterocycles. The molecule has 1 heterocycles. The van der Waals surface area contributed by atoms with Crippen LogP contribution in [0.3, 0.4) is 0 Å². The van der Waals surface area contributed by atoms with Gasteiger partial charge in [0, 0.05) is 6.07 Å². The zero-order valence-electron chi connectivity index (χ0n) is 9.15. The third-order valence-electron chi connectivity index (χ3n) is 2.85. The van der Waals surface area contributed by atoms with Gasteiger partial charge in [-0.05, 0) is 31.7 Å². The van der Waals surface area contributed by atoms with Crippen molar-refractivity contribution in [2.24, 2.45) is 0 Å². The molecule has 0 bridgehead atoms. The maximum absolute atomic E-state index is 8.80. The third kappa shape index (κ3) is 2.43. The highest BCUT2D eigenvalue weighted by atomic mass is 16.5. The van der Waals surface area contributed by atoms with Crippen LogP contribution in [-0.2, 0) is 0 Å². The first-order chi connectivity index (χ1) is 7.79. The number of aromatic nitrogens is 1. The topological polar surface area (TPSA) is 71.9 Å².